The molecule has 0 nitrogen and oxygen atoms in total. The Kier molecular flexibility index (Phi) is 6.04. The molecule has 0 fully saturated rings. The van der Waals surface area contributed by atoms with Gasteiger partial charge in [0, 0.05) is 16.3 Å². The van der Waals surface area contributed by atoms with Gasteiger partial charge in [0.15, 0.2) is 5.67 Å². The largest absolute Gasteiger partial charge is 0.228 e. The molecule has 0 unspecified atom stereocenters. The van der Waals surface area contributed by atoms with Gasteiger partial charge < -0.3 is 0 Å². The van der Waals surface area contributed by atoms with E-state index in [4.69, 9.17) is 0 Å². The van der Waals surface area contributed by atoms with Crippen LogP contribution in [0.1, 0.15) is 33.4 Å². The zero-order valence-electron chi connectivity index (χ0n) is 20.4. The van der Waals surface area contributed by atoms with E-state index in [1.165, 1.54) is 0 Å². The van der Waals surface area contributed by atoms with Gasteiger partial charge in [-0.3, -0.25) is 0 Å². The first-order valence-electron chi connectivity index (χ1n) is 12.6. The quantitative estimate of drug-likeness (QED) is 0.166. The summed E-state index contributed by atoms with van der Waals surface area (Å²) in [6.45, 7) is 0. The lowest BCUT2D eigenvalue weighted by atomic mass is 9.76. The second-order valence-electron chi connectivity index (χ2n) is 9.21. The van der Waals surface area contributed by atoms with Crippen LogP contribution in [0.3, 0.4) is 0 Å². The molecule has 0 amide bonds. The highest BCUT2D eigenvalue weighted by molar-refractivity contribution is 5.94. The predicted molar refractivity (Wildman–Crippen MR) is 151 cm³/mol. The molecule has 0 bridgehead atoms. The van der Waals surface area contributed by atoms with Crippen molar-refractivity contribution in [3.63, 3.8) is 0 Å². The molecule has 6 aromatic carbocycles. The third-order valence-corrected chi connectivity index (χ3v) is 7.01. The molecule has 0 saturated heterocycles. The summed E-state index contributed by atoms with van der Waals surface area (Å²) in [6, 6.07) is 52.0. The Morgan fingerprint density at radius 1 is 0.432 bits per heavy atom. The number of alkyl halides is 1. The van der Waals surface area contributed by atoms with Crippen molar-refractivity contribution in [3.8, 4) is 0 Å². The van der Waals surface area contributed by atoms with E-state index >= 15 is 4.39 Å². The highest BCUT2D eigenvalue weighted by atomic mass is 19.1. The van der Waals surface area contributed by atoms with Gasteiger partial charge in [0.25, 0.3) is 0 Å². The second kappa shape index (κ2) is 9.79. The summed E-state index contributed by atoms with van der Waals surface area (Å²) in [7, 11) is 0. The van der Waals surface area contributed by atoms with Crippen LogP contribution in [0.25, 0.3) is 10.8 Å². The number of benzene rings is 6. The molecule has 0 aliphatic heterocycles. The van der Waals surface area contributed by atoms with Gasteiger partial charge in [-0.05, 0) is 90.0 Å². The fourth-order valence-corrected chi connectivity index (χ4v) is 5.34. The molecule has 1 heteroatoms. The van der Waals surface area contributed by atoms with Crippen LogP contribution in [0.5, 0.6) is 0 Å². The summed E-state index contributed by atoms with van der Waals surface area (Å²) in [5.41, 5.74) is 3.24. The molecule has 0 aromatic heterocycles. The average Bonchev–Trinajstić information content (AvgIpc) is 2.99. The zero-order valence-corrected chi connectivity index (χ0v) is 20.4. The first-order valence-corrected chi connectivity index (χ1v) is 12.6. The molecule has 0 N–H and O–H groups in total. The Bertz CT molecular complexity index is 1520. The van der Waals surface area contributed by atoms with E-state index in [0.29, 0.717) is 16.7 Å². The van der Waals surface area contributed by atoms with Crippen molar-refractivity contribution in [1.29, 1.82) is 0 Å². The van der Waals surface area contributed by atoms with Crippen LogP contribution < -0.4 is 0 Å². The van der Waals surface area contributed by atoms with Crippen LogP contribution in [0.4, 0.5) is 4.39 Å². The lowest BCUT2D eigenvalue weighted by molar-refractivity contribution is 0.283. The fraction of sp³-hybridized carbons (Fsp3) is 0.0278. The molecule has 37 heavy (non-hydrogen) atoms. The monoisotopic (exact) mass is 477 g/mol. The molecule has 0 saturated carbocycles. The number of hydrogen-bond donors (Lipinski definition) is 0. The van der Waals surface area contributed by atoms with Crippen molar-refractivity contribution in [1.82, 2.24) is 0 Å². The topological polar surface area (TPSA) is 0 Å². The molecular weight excluding hydrogens is 451 g/mol. The van der Waals surface area contributed by atoms with E-state index in [1.54, 1.807) is 0 Å². The molecule has 6 rings (SSSR count). The van der Waals surface area contributed by atoms with Crippen molar-refractivity contribution in [2.45, 2.75) is 5.67 Å². The van der Waals surface area contributed by atoms with Crippen LogP contribution in [0, 0.1) is 5.92 Å². The smallest absolute Gasteiger partial charge is 0.191 e. The molecule has 0 aliphatic carbocycles. The highest BCUT2D eigenvalue weighted by Gasteiger charge is 2.40. The zero-order chi connectivity index (χ0) is 25.1. The van der Waals surface area contributed by atoms with Gasteiger partial charge in [0.05, 0.1) is 22.6 Å². The first kappa shape index (κ1) is 22.8. The fourth-order valence-electron chi connectivity index (χ4n) is 5.34. The van der Waals surface area contributed by atoms with Crippen LogP contribution in [0.15, 0.2) is 158 Å². The second-order valence-corrected chi connectivity index (χ2v) is 9.21. The Labute approximate surface area is 217 Å². The number of hydrogen-bond acceptors (Lipinski definition) is 0. The number of halogens is 1. The molecule has 0 radical (unpaired) electrons. The number of rotatable bonds is 6. The first-order chi connectivity index (χ1) is 18.3. The Balaban J connectivity index is 1.70. The van der Waals surface area contributed by atoms with E-state index in [-0.39, 0.29) is 0 Å². The van der Waals surface area contributed by atoms with Gasteiger partial charge in [-0.25, -0.2) is 4.39 Å². The maximum Gasteiger partial charge on any atom is 0.191 e. The summed E-state index contributed by atoms with van der Waals surface area (Å²) in [4.78, 5) is 0. The van der Waals surface area contributed by atoms with E-state index < -0.39 is 5.67 Å². The summed E-state index contributed by atoms with van der Waals surface area (Å²) >= 11 is 0. The van der Waals surface area contributed by atoms with Crippen molar-refractivity contribution in [2.24, 2.45) is 0 Å². The molecule has 176 valence electrons. The third-order valence-electron chi connectivity index (χ3n) is 7.01. The van der Waals surface area contributed by atoms with E-state index in [1.807, 2.05) is 84.9 Å². The third kappa shape index (κ3) is 4.09. The molecule has 0 heterocycles. The van der Waals surface area contributed by atoms with Crippen molar-refractivity contribution in [3.05, 3.63) is 197 Å². The Hall–Kier alpha value is -4.62. The van der Waals surface area contributed by atoms with E-state index in [9.17, 15) is 0 Å². The maximum absolute atomic E-state index is 18.0. The van der Waals surface area contributed by atoms with Crippen molar-refractivity contribution < 1.29 is 4.39 Å². The molecule has 0 spiro atoms. The average molecular weight is 478 g/mol. The van der Waals surface area contributed by atoms with Crippen LogP contribution >= 0.6 is 0 Å². The van der Waals surface area contributed by atoms with Crippen LogP contribution in [-0.4, -0.2) is 0 Å². The van der Waals surface area contributed by atoms with Gasteiger partial charge in [0.2, 0.25) is 0 Å². The predicted octanol–water partition coefficient (Wildman–Crippen LogP) is 9.12. The molecule has 0 atom stereocenters. The van der Waals surface area contributed by atoms with Crippen LogP contribution in [-0.2, 0) is 5.67 Å². The van der Waals surface area contributed by atoms with Gasteiger partial charge in [-0.2, -0.15) is 0 Å². The van der Waals surface area contributed by atoms with Gasteiger partial charge in [0.1, 0.15) is 0 Å². The molecular formula is C36H26F+. The standard InChI is InChI=1S/C36H26F/c37-36(30-21-9-3-10-22-30,31-23-11-4-12-24-31)33-26-14-20-29-19-13-25-32(35(29)33)34(27-15-5-1-6-16-27)28-17-7-2-8-18-28/h1-26H/q+1. The van der Waals surface area contributed by atoms with Crippen molar-refractivity contribution in [2.75, 3.05) is 0 Å². The maximum atomic E-state index is 18.0. The van der Waals surface area contributed by atoms with Gasteiger partial charge in [-0.1, -0.05) is 78.9 Å². The summed E-state index contributed by atoms with van der Waals surface area (Å²) in [5.74, 6) is 1.09. The van der Waals surface area contributed by atoms with E-state index in [2.05, 4.69) is 72.8 Å². The Morgan fingerprint density at radius 2 is 0.865 bits per heavy atom. The Morgan fingerprint density at radius 3 is 1.35 bits per heavy atom. The molecule has 0 aliphatic rings. The van der Waals surface area contributed by atoms with Crippen molar-refractivity contribution >= 4 is 10.8 Å². The van der Waals surface area contributed by atoms with Gasteiger partial charge in [-0.15, -0.1) is 0 Å². The SMILES string of the molecule is FC(c1ccccc1)(c1ccccc1)c1cccc2cccc([C+](c3ccccc3)c3ccccc3)c12. The summed E-state index contributed by atoms with van der Waals surface area (Å²) in [5, 5.41) is 1.93. The minimum atomic E-state index is -1.84. The number of fused-ring (bicyclic) bond motifs is 1. The minimum Gasteiger partial charge on any atom is -0.228 e. The van der Waals surface area contributed by atoms with E-state index in [0.717, 1.165) is 33.4 Å². The lowest BCUT2D eigenvalue weighted by Gasteiger charge is -2.29. The molecule has 6 aromatic rings. The minimum absolute atomic E-state index is 0.615. The normalized spacial score (nSPS) is 11.4. The summed E-state index contributed by atoms with van der Waals surface area (Å²) < 4.78 is 18.0. The summed E-state index contributed by atoms with van der Waals surface area (Å²) in [6.07, 6.45) is 0. The van der Waals surface area contributed by atoms with Crippen LogP contribution in [0.2, 0.25) is 0 Å². The van der Waals surface area contributed by atoms with Gasteiger partial charge >= 0.3 is 0 Å². The lowest BCUT2D eigenvalue weighted by Crippen LogP contribution is -2.24. The highest BCUT2D eigenvalue weighted by Crippen LogP contribution is 2.46.